The van der Waals surface area contributed by atoms with Crippen molar-refractivity contribution >= 4 is 17.8 Å². The smallest absolute Gasteiger partial charge is 0.387 e. The largest absolute Gasteiger partial charge is 0.434 e. The molecule has 30 heavy (non-hydrogen) atoms. The van der Waals surface area contributed by atoms with Crippen molar-refractivity contribution in [2.75, 3.05) is 13.1 Å². The Morgan fingerprint density at radius 3 is 2.60 bits per heavy atom. The summed E-state index contributed by atoms with van der Waals surface area (Å²) >= 11 is 0. The molecule has 0 aliphatic carbocycles. The van der Waals surface area contributed by atoms with Crippen molar-refractivity contribution in [2.24, 2.45) is 11.7 Å². The lowest BCUT2D eigenvalue weighted by atomic mass is 9.97. The molecular formula is C21H20F2N2O5. The Balaban J connectivity index is 1.69. The first-order valence-electron chi connectivity index (χ1n) is 9.30. The van der Waals surface area contributed by atoms with E-state index in [4.69, 9.17) is 10.5 Å². The Hall–Kier alpha value is -3.49. The third-order valence-electron chi connectivity index (χ3n) is 4.71. The average Bonchev–Trinajstić information content (AvgIpc) is 2.73. The van der Waals surface area contributed by atoms with Crippen LogP contribution in [0.15, 0.2) is 48.5 Å². The maximum absolute atomic E-state index is 12.8. The fourth-order valence-electron chi connectivity index (χ4n) is 3.28. The molecule has 1 saturated heterocycles. The van der Waals surface area contributed by atoms with E-state index >= 15 is 0 Å². The number of nitrogens with zero attached hydrogens (tertiary/aromatic N) is 1. The molecule has 1 fully saturated rings. The number of hydrogen-bond acceptors (Lipinski definition) is 5. The summed E-state index contributed by atoms with van der Waals surface area (Å²) in [6.07, 6.45) is 1.05. The van der Waals surface area contributed by atoms with E-state index in [1.807, 2.05) is 0 Å². The molecule has 2 aromatic carbocycles. The second-order valence-corrected chi connectivity index (χ2v) is 6.78. The number of primary amides is 1. The average molecular weight is 418 g/mol. The number of benzene rings is 2. The Kier molecular flexibility index (Phi) is 6.61. The van der Waals surface area contributed by atoms with E-state index in [0.717, 1.165) is 0 Å². The van der Waals surface area contributed by atoms with E-state index in [2.05, 4.69) is 4.74 Å². The van der Waals surface area contributed by atoms with Crippen molar-refractivity contribution in [2.45, 2.75) is 19.5 Å². The number of nitrogens with two attached hydrogens (primary N) is 1. The van der Waals surface area contributed by atoms with Gasteiger partial charge < -0.3 is 20.1 Å². The predicted molar refractivity (Wildman–Crippen MR) is 102 cm³/mol. The van der Waals surface area contributed by atoms with E-state index in [1.165, 1.54) is 41.3 Å². The van der Waals surface area contributed by atoms with Crippen molar-refractivity contribution in [1.29, 1.82) is 0 Å². The van der Waals surface area contributed by atoms with Gasteiger partial charge >= 0.3 is 12.6 Å². The molecule has 0 saturated carbocycles. The Morgan fingerprint density at radius 2 is 1.87 bits per heavy atom. The highest BCUT2D eigenvalue weighted by Gasteiger charge is 2.31. The van der Waals surface area contributed by atoms with Crippen LogP contribution in [0.25, 0.3) is 0 Å². The molecule has 2 aromatic rings. The minimum Gasteiger partial charge on any atom is -0.434 e. The van der Waals surface area contributed by atoms with Crippen LogP contribution in [0.1, 0.15) is 33.6 Å². The van der Waals surface area contributed by atoms with E-state index in [0.29, 0.717) is 19.4 Å². The molecule has 0 radical (unpaired) electrons. The second-order valence-electron chi connectivity index (χ2n) is 6.78. The van der Waals surface area contributed by atoms with Crippen LogP contribution < -0.4 is 15.2 Å². The fourth-order valence-corrected chi connectivity index (χ4v) is 3.28. The highest BCUT2D eigenvalue weighted by molar-refractivity contribution is 5.97. The second kappa shape index (κ2) is 9.34. The number of likely N-dealkylation sites (tertiary alicyclic amines) is 1. The number of alkyl halides is 2. The first-order chi connectivity index (χ1) is 14.3. The molecule has 158 valence electrons. The van der Waals surface area contributed by atoms with Crippen LogP contribution in [-0.2, 0) is 4.79 Å². The van der Waals surface area contributed by atoms with Crippen molar-refractivity contribution in [3.05, 3.63) is 59.7 Å². The fraction of sp³-hybridized carbons (Fsp3) is 0.286. The molecule has 0 spiro atoms. The van der Waals surface area contributed by atoms with Gasteiger partial charge in [0.2, 0.25) is 5.91 Å². The van der Waals surface area contributed by atoms with E-state index in [9.17, 15) is 23.2 Å². The zero-order valence-corrected chi connectivity index (χ0v) is 15.9. The maximum atomic E-state index is 12.8. The number of amides is 2. The summed E-state index contributed by atoms with van der Waals surface area (Å²) in [5.41, 5.74) is 5.43. The highest BCUT2D eigenvalue weighted by atomic mass is 19.3. The molecular weight excluding hydrogens is 398 g/mol. The molecule has 9 heteroatoms. The molecule has 0 bridgehead atoms. The monoisotopic (exact) mass is 418 g/mol. The van der Waals surface area contributed by atoms with Crippen LogP contribution in [0, 0.1) is 5.92 Å². The van der Waals surface area contributed by atoms with Crippen molar-refractivity contribution < 1.29 is 32.6 Å². The molecule has 2 amide bonds. The van der Waals surface area contributed by atoms with Gasteiger partial charge in [-0.1, -0.05) is 18.2 Å². The maximum Gasteiger partial charge on any atom is 0.387 e. The van der Waals surface area contributed by atoms with Gasteiger partial charge in [-0.3, -0.25) is 14.4 Å². The molecule has 1 unspecified atom stereocenters. The Labute approximate surface area is 171 Å². The quantitative estimate of drug-likeness (QED) is 0.575. The zero-order chi connectivity index (χ0) is 21.7. The summed E-state index contributed by atoms with van der Waals surface area (Å²) in [4.78, 5) is 38.1. The normalized spacial score (nSPS) is 16.2. The third-order valence-corrected chi connectivity index (χ3v) is 4.71. The molecule has 1 aliphatic heterocycles. The van der Waals surface area contributed by atoms with Crippen molar-refractivity contribution in [3.8, 4) is 11.5 Å². The summed E-state index contributed by atoms with van der Waals surface area (Å²) in [6.45, 7) is -2.60. The van der Waals surface area contributed by atoms with Gasteiger partial charge in [0.05, 0.1) is 11.5 Å². The zero-order valence-electron chi connectivity index (χ0n) is 15.9. The number of halogens is 2. The molecule has 0 aromatic heterocycles. The van der Waals surface area contributed by atoms with Crippen LogP contribution >= 0.6 is 0 Å². The standard InChI is InChI=1S/C21H20F2N2O5/c22-21(23)30-17-9-2-1-8-16(17)19(27)25-10-4-6-14(12-25)20(28)29-15-7-3-5-13(11-15)18(24)26/h1-3,5,7-9,11,14,21H,4,6,10,12H2,(H2,24,26). The lowest BCUT2D eigenvalue weighted by Gasteiger charge is -2.32. The van der Waals surface area contributed by atoms with Gasteiger partial charge in [-0.25, -0.2) is 0 Å². The molecule has 2 N–H and O–H groups in total. The van der Waals surface area contributed by atoms with E-state index in [-0.39, 0.29) is 29.2 Å². The van der Waals surface area contributed by atoms with Crippen LogP contribution in [0.3, 0.4) is 0 Å². The van der Waals surface area contributed by atoms with Gasteiger partial charge in [0.15, 0.2) is 0 Å². The van der Waals surface area contributed by atoms with Crippen LogP contribution in [0.2, 0.25) is 0 Å². The minimum absolute atomic E-state index is 0.000904. The van der Waals surface area contributed by atoms with E-state index < -0.39 is 30.3 Å². The number of carbonyl (C=O) groups excluding carboxylic acids is 3. The van der Waals surface area contributed by atoms with Gasteiger partial charge in [0, 0.05) is 18.7 Å². The molecule has 3 rings (SSSR count). The first-order valence-corrected chi connectivity index (χ1v) is 9.30. The predicted octanol–water partition coefficient (Wildman–Crippen LogP) is 2.84. The highest BCUT2D eigenvalue weighted by Crippen LogP contribution is 2.26. The van der Waals surface area contributed by atoms with Gasteiger partial charge in [-0.05, 0) is 43.2 Å². The topological polar surface area (TPSA) is 98.9 Å². The third kappa shape index (κ3) is 5.11. The van der Waals surface area contributed by atoms with Crippen molar-refractivity contribution in [3.63, 3.8) is 0 Å². The van der Waals surface area contributed by atoms with Crippen LogP contribution in [-0.4, -0.2) is 42.4 Å². The number of rotatable bonds is 6. The number of piperidine rings is 1. The number of ether oxygens (including phenoxy) is 2. The Bertz CT molecular complexity index is 950. The van der Waals surface area contributed by atoms with E-state index in [1.54, 1.807) is 12.1 Å². The van der Waals surface area contributed by atoms with Gasteiger partial charge in [-0.15, -0.1) is 0 Å². The summed E-state index contributed by atoms with van der Waals surface area (Å²) in [6, 6.07) is 11.7. The first kappa shape index (κ1) is 21.2. The number of carbonyl (C=O) groups is 3. The molecule has 1 atom stereocenters. The van der Waals surface area contributed by atoms with Crippen LogP contribution in [0.4, 0.5) is 8.78 Å². The minimum atomic E-state index is -3.06. The summed E-state index contributed by atoms with van der Waals surface area (Å²) < 4.78 is 35.0. The number of para-hydroxylation sites is 1. The lowest BCUT2D eigenvalue weighted by Crippen LogP contribution is -2.43. The van der Waals surface area contributed by atoms with Gasteiger partial charge in [0.1, 0.15) is 11.5 Å². The van der Waals surface area contributed by atoms with Gasteiger partial charge in [-0.2, -0.15) is 8.78 Å². The summed E-state index contributed by atoms with van der Waals surface area (Å²) in [5.74, 6) is -2.33. The number of hydrogen-bond donors (Lipinski definition) is 1. The van der Waals surface area contributed by atoms with Crippen LogP contribution in [0.5, 0.6) is 11.5 Å². The SMILES string of the molecule is NC(=O)c1cccc(OC(=O)C2CCCN(C(=O)c3ccccc3OC(F)F)C2)c1. The van der Waals surface area contributed by atoms with Crippen molar-refractivity contribution in [1.82, 2.24) is 4.90 Å². The molecule has 1 aliphatic rings. The number of esters is 1. The molecule has 7 nitrogen and oxygen atoms in total. The molecule has 1 heterocycles. The Morgan fingerprint density at radius 1 is 1.10 bits per heavy atom. The van der Waals surface area contributed by atoms with Gasteiger partial charge in [0.25, 0.3) is 5.91 Å². The lowest BCUT2D eigenvalue weighted by molar-refractivity contribution is -0.140. The summed E-state index contributed by atoms with van der Waals surface area (Å²) in [7, 11) is 0. The summed E-state index contributed by atoms with van der Waals surface area (Å²) in [5, 5.41) is 0.